The third-order valence-corrected chi connectivity index (χ3v) is 2.76. The number of hydrogen-bond donors (Lipinski definition) is 0. The highest BCUT2D eigenvalue weighted by atomic mass is 16.5. The monoisotopic (exact) mass is 204 g/mol. The lowest BCUT2D eigenvalue weighted by molar-refractivity contribution is 0.414. The molecule has 1 atom stereocenters. The molecule has 0 bridgehead atoms. The van der Waals surface area contributed by atoms with E-state index < -0.39 is 0 Å². The van der Waals surface area contributed by atoms with Gasteiger partial charge in [0.1, 0.15) is 5.75 Å². The van der Waals surface area contributed by atoms with Crippen LogP contribution in [0.3, 0.4) is 0 Å². The van der Waals surface area contributed by atoms with E-state index in [4.69, 9.17) is 4.74 Å². The second-order valence-electron chi connectivity index (χ2n) is 4.17. The SMILES string of the molecule is C=CC(C)c1cc(OC)ccc1C(C)C. The molecule has 0 aromatic heterocycles. The Balaban J connectivity index is 3.22. The second-order valence-corrected chi connectivity index (χ2v) is 4.17. The summed E-state index contributed by atoms with van der Waals surface area (Å²) in [6.07, 6.45) is 1.97. The van der Waals surface area contributed by atoms with Crippen LogP contribution in [-0.2, 0) is 0 Å². The average Bonchev–Trinajstić information content (AvgIpc) is 2.26. The Bertz CT molecular complexity index is 339. The van der Waals surface area contributed by atoms with Crippen LogP contribution < -0.4 is 4.74 Å². The fourth-order valence-corrected chi connectivity index (χ4v) is 1.73. The molecule has 0 amide bonds. The predicted molar refractivity (Wildman–Crippen MR) is 65.7 cm³/mol. The molecular weight excluding hydrogens is 184 g/mol. The Morgan fingerprint density at radius 2 is 1.87 bits per heavy atom. The first-order valence-corrected chi connectivity index (χ1v) is 5.40. The number of allylic oxidation sites excluding steroid dienone is 1. The predicted octanol–water partition coefficient (Wildman–Crippen LogP) is 4.11. The zero-order valence-corrected chi connectivity index (χ0v) is 10.1. The summed E-state index contributed by atoms with van der Waals surface area (Å²) >= 11 is 0. The summed E-state index contributed by atoms with van der Waals surface area (Å²) in [5.74, 6) is 1.83. The largest absolute Gasteiger partial charge is 0.497 e. The van der Waals surface area contributed by atoms with Crippen molar-refractivity contribution in [3.8, 4) is 5.75 Å². The molecule has 0 aliphatic carbocycles. The smallest absolute Gasteiger partial charge is 0.119 e. The lowest BCUT2D eigenvalue weighted by Gasteiger charge is -2.17. The van der Waals surface area contributed by atoms with Gasteiger partial charge in [-0.25, -0.2) is 0 Å². The minimum atomic E-state index is 0.373. The Hall–Kier alpha value is -1.24. The molecule has 15 heavy (non-hydrogen) atoms. The summed E-state index contributed by atoms with van der Waals surface area (Å²) in [6.45, 7) is 10.4. The van der Waals surface area contributed by atoms with Gasteiger partial charge in [0.25, 0.3) is 0 Å². The zero-order valence-electron chi connectivity index (χ0n) is 10.1. The van der Waals surface area contributed by atoms with Crippen LogP contribution in [0.1, 0.15) is 43.7 Å². The van der Waals surface area contributed by atoms with E-state index in [2.05, 4.69) is 39.5 Å². The van der Waals surface area contributed by atoms with Crippen molar-refractivity contribution in [1.29, 1.82) is 0 Å². The topological polar surface area (TPSA) is 9.23 Å². The summed E-state index contributed by atoms with van der Waals surface area (Å²) in [5.41, 5.74) is 2.70. The third-order valence-electron chi connectivity index (χ3n) is 2.76. The Morgan fingerprint density at radius 3 is 2.33 bits per heavy atom. The fraction of sp³-hybridized carbons (Fsp3) is 0.429. The molecule has 1 nitrogen and oxygen atoms in total. The van der Waals surface area contributed by atoms with Gasteiger partial charge >= 0.3 is 0 Å². The molecular formula is C14H20O. The molecule has 0 spiro atoms. The summed E-state index contributed by atoms with van der Waals surface area (Å²) < 4.78 is 5.25. The van der Waals surface area contributed by atoms with Gasteiger partial charge in [-0.3, -0.25) is 0 Å². The minimum absolute atomic E-state index is 0.373. The molecule has 0 saturated heterocycles. The fourth-order valence-electron chi connectivity index (χ4n) is 1.73. The van der Waals surface area contributed by atoms with Crippen molar-refractivity contribution in [3.63, 3.8) is 0 Å². The van der Waals surface area contributed by atoms with Crippen LogP contribution in [0.4, 0.5) is 0 Å². The van der Waals surface area contributed by atoms with Gasteiger partial charge in [-0.1, -0.05) is 32.9 Å². The van der Waals surface area contributed by atoms with Gasteiger partial charge in [0.15, 0.2) is 0 Å². The zero-order chi connectivity index (χ0) is 11.4. The van der Waals surface area contributed by atoms with Crippen molar-refractivity contribution in [2.75, 3.05) is 7.11 Å². The number of ether oxygens (including phenoxy) is 1. The molecule has 0 aliphatic rings. The first kappa shape index (κ1) is 11.8. The highest BCUT2D eigenvalue weighted by Gasteiger charge is 2.11. The van der Waals surface area contributed by atoms with Gasteiger partial charge in [0, 0.05) is 0 Å². The molecule has 1 rings (SSSR count). The van der Waals surface area contributed by atoms with E-state index in [1.54, 1.807) is 7.11 Å². The van der Waals surface area contributed by atoms with Crippen LogP contribution in [-0.4, -0.2) is 7.11 Å². The quantitative estimate of drug-likeness (QED) is 0.671. The number of hydrogen-bond acceptors (Lipinski definition) is 1. The molecule has 1 heteroatoms. The standard InChI is InChI=1S/C14H20O/c1-6-11(4)14-9-12(15-5)7-8-13(14)10(2)3/h6-11H,1H2,2-5H3. The van der Waals surface area contributed by atoms with Gasteiger partial charge in [-0.05, 0) is 35.1 Å². The van der Waals surface area contributed by atoms with E-state index in [1.165, 1.54) is 11.1 Å². The van der Waals surface area contributed by atoms with Crippen molar-refractivity contribution >= 4 is 0 Å². The summed E-state index contributed by atoms with van der Waals surface area (Å²) in [4.78, 5) is 0. The first-order valence-electron chi connectivity index (χ1n) is 5.40. The third kappa shape index (κ3) is 2.62. The van der Waals surface area contributed by atoms with Crippen molar-refractivity contribution in [1.82, 2.24) is 0 Å². The molecule has 0 aliphatic heterocycles. The van der Waals surface area contributed by atoms with Crippen LogP contribution in [0.25, 0.3) is 0 Å². The van der Waals surface area contributed by atoms with Crippen LogP contribution in [0.2, 0.25) is 0 Å². The van der Waals surface area contributed by atoms with E-state index >= 15 is 0 Å². The normalized spacial score (nSPS) is 12.6. The molecule has 0 heterocycles. The van der Waals surface area contributed by atoms with Gasteiger partial charge in [-0.2, -0.15) is 0 Å². The van der Waals surface area contributed by atoms with E-state index in [-0.39, 0.29) is 0 Å². The molecule has 1 aromatic rings. The van der Waals surface area contributed by atoms with Gasteiger partial charge in [0.2, 0.25) is 0 Å². The van der Waals surface area contributed by atoms with Crippen LogP contribution >= 0.6 is 0 Å². The molecule has 0 N–H and O–H groups in total. The Labute approximate surface area is 92.8 Å². The molecule has 0 fully saturated rings. The number of rotatable bonds is 4. The maximum atomic E-state index is 5.25. The minimum Gasteiger partial charge on any atom is -0.497 e. The number of methoxy groups -OCH3 is 1. The van der Waals surface area contributed by atoms with E-state index in [0.717, 1.165) is 5.75 Å². The van der Waals surface area contributed by atoms with E-state index in [9.17, 15) is 0 Å². The lowest BCUT2D eigenvalue weighted by Crippen LogP contribution is -1.99. The second kappa shape index (κ2) is 5.01. The Morgan fingerprint density at radius 1 is 1.20 bits per heavy atom. The van der Waals surface area contributed by atoms with Crippen LogP contribution in [0.15, 0.2) is 30.9 Å². The van der Waals surface area contributed by atoms with Crippen molar-refractivity contribution in [3.05, 3.63) is 42.0 Å². The van der Waals surface area contributed by atoms with Crippen molar-refractivity contribution < 1.29 is 4.74 Å². The van der Waals surface area contributed by atoms with E-state index in [1.807, 2.05) is 12.1 Å². The summed E-state index contributed by atoms with van der Waals surface area (Å²) in [7, 11) is 1.70. The molecule has 1 aromatic carbocycles. The van der Waals surface area contributed by atoms with Crippen LogP contribution in [0.5, 0.6) is 5.75 Å². The van der Waals surface area contributed by atoms with Gasteiger partial charge < -0.3 is 4.74 Å². The first-order chi connectivity index (χ1) is 7.10. The number of benzene rings is 1. The van der Waals surface area contributed by atoms with Crippen LogP contribution in [0, 0.1) is 0 Å². The highest BCUT2D eigenvalue weighted by Crippen LogP contribution is 2.30. The molecule has 82 valence electrons. The van der Waals surface area contributed by atoms with E-state index in [0.29, 0.717) is 11.8 Å². The summed E-state index contributed by atoms with van der Waals surface area (Å²) in [5, 5.41) is 0. The summed E-state index contributed by atoms with van der Waals surface area (Å²) in [6, 6.07) is 6.29. The van der Waals surface area contributed by atoms with Crippen molar-refractivity contribution in [2.45, 2.75) is 32.6 Å². The highest BCUT2D eigenvalue weighted by molar-refractivity contribution is 5.40. The molecule has 1 unspecified atom stereocenters. The van der Waals surface area contributed by atoms with Gasteiger partial charge in [-0.15, -0.1) is 6.58 Å². The Kier molecular flexibility index (Phi) is 3.96. The lowest BCUT2D eigenvalue weighted by atomic mass is 9.89. The van der Waals surface area contributed by atoms with Crippen molar-refractivity contribution in [2.24, 2.45) is 0 Å². The average molecular weight is 204 g/mol. The maximum Gasteiger partial charge on any atom is 0.119 e. The molecule has 0 radical (unpaired) electrons. The maximum absolute atomic E-state index is 5.25. The van der Waals surface area contributed by atoms with Gasteiger partial charge in [0.05, 0.1) is 7.11 Å². The molecule has 0 saturated carbocycles.